The maximum Gasteiger partial charge on any atom is 0.220 e. The van der Waals surface area contributed by atoms with E-state index in [9.17, 15) is 15.0 Å². The highest BCUT2D eigenvalue weighted by Crippen LogP contribution is 2.15. The first kappa shape index (κ1) is 50.1. The minimum atomic E-state index is -0.876. The molecule has 4 nitrogen and oxygen atoms in total. The van der Waals surface area contributed by atoms with E-state index < -0.39 is 12.1 Å². The average molecular weight is 726 g/mol. The van der Waals surface area contributed by atoms with E-state index in [2.05, 4.69) is 67.8 Å². The Morgan fingerprint density at radius 3 is 1.35 bits per heavy atom. The van der Waals surface area contributed by atoms with Crippen LogP contribution in [0.25, 0.3) is 0 Å². The van der Waals surface area contributed by atoms with Gasteiger partial charge in [-0.2, -0.15) is 0 Å². The fourth-order valence-electron chi connectivity index (χ4n) is 6.56. The number of hydrogen-bond donors (Lipinski definition) is 3. The van der Waals surface area contributed by atoms with Crippen LogP contribution < -0.4 is 5.32 Å². The Morgan fingerprint density at radius 1 is 0.481 bits per heavy atom. The third-order valence-electron chi connectivity index (χ3n) is 9.98. The summed E-state index contributed by atoms with van der Waals surface area (Å²) in [4.78, 5) is 12.3. The highest BCUT2D eigenvalue weighted by atomic mass is 16.3. The molecule has 4 heteroatoms. The Bertz CT molecular complexity index is 873. The minimum absolute atomic E-state index is 0.104. The van der Waals surface area contributed by atoms with Gasteiger partial charge >= 0.3 is 0 Å². The first-order chi connectivity index (χ1) is 25.7. The van der Waals surface area contributed by atoms with E-state index in [4.69, 9.17) is 0 Å². The monoisotopic (exact) mass is 726 g/mol. The predicted octanol–water partition coefficient (Wildman–Crippen LogP) is 14.1. The molecule has 2 atom stereocenters. The van der Waals surface area contributed by atoms with Crippen LogP contribution in [0.3, 0.4) is 0 Å². The number of nitrogens with one attached hydrogen (secondary N) is 1. The molecule has 0 aromatic rings. The number of allylic oxidation sites excluding steroid dienone is 9. The van der Waals surface area contributed by atoms with Gasteiger partial charge in [0.25, 0.3) is 0 Å². The second-order valence-electron chi connectivity index (χ2n) is 15.1. The van der Waals surface area contributed by atoms with Crippen LogP contribution in [0, 0.1) is 0 Å². The molecule has 0 aromatic heterocycles. The van der Waals surface area contributed by atoms with E-state index in [0.29, 0.717) is 6.42 Å². The fourth-order valence-corrected chi connectivity index (χ4v) is 6.56. The smallest absolute Gasteiger partial charge is 0.220 e. The molecule has 0 aliphatic rings. The minimum Gasteiger partial charge on any atom is -0.394 e. The maximum atomic E-state index is 12.3. The third-order valence-corrected chi connectivity index (χ3v) is 9.98. The number of hydrogen-bond acceptors (Lipinski definition) is 3. The number of carbonyl (C=O) groups is 1. The molecular formula is C48H87NO3. The summed E-state index contributed by atoms with van der Waals surface area (Å²) < 4.78 is 0. The van der Waals surface area contributed by atoms with E-state index >= 15 is 0 Å². The van der Waals surface area contributed by atoms with Crippen LogP contribution in [0.15, 0.2) is 60.8 Å². The molecule has 2 unspecified atom stereocenters. The molecule has 3 N–H and O–H groups in total. The summed E-state index contributed by atoms with van der Waals surface area (Å²) >= 11 is 0. The van der Waals surface area contributed by atoms with Crippen LogP contribution in [-0.2, 0) is 4.79 Å². The van der Waals surface area contributed by atoms with Gasteiger partial charge in [-0.05, 0) is 64.2 Å². The van der Waals surface area contributed by atoms with Gasteiger partial charge in [-0.25, -0.2) is 0 Å². The second-order valence-corrected chi connectivity index (χ2v) is 15.1. The average Bonchev–Trinajstić information content (AvgIpc) is 3.15. The summed E-state index contributed by atoms with van der Waals surface area (Å²) in [5.74, 6) is -0.104. The summed E-state index contributed by atoms with van der Waals surface area (Å²) in [6, 6.07) is -0.656. The van der Waals surface area contributed by atoms with Crippen molar-refractivity contribution in [3.8, 4) is 0 Å². The molecule has 0 rings (SSSR count). The van der Waals surface area contributed by atoms with Crippen LogP contribution in [-0.4, -0.2) is 34.9 Å². The molecule has 0 spiro atoms. The number of carbonyl (C=O) groups excluding carboxylic acids is 1. The second kappa shape index (κ2) is 43.5. The lowest BCUT2D eigenvalue weighted by Crippen LogP contribution is -2.45. The van der Waals surface area contributed by atoms with Gasteiger partial charge in [-0.15, -0.1) is 0 Å². The van der Waals surface area contributed by atoms with E-state index in [0.717, 1.165) is 64.2 Å². The summed E-state index contributed by atoms with van der Waals surface area (Å²) in [5, 5.41) is 22.9. The van der Waals surface area contributed by atoms with E-state index in [1.807, 2.05) is 6.08 Å². The molecule has 0 saturated carbocycles. The van der Waals surface area contributed by atoms with Crippen molar-refractivity contribution in [1.29, 1.82) is 0 Å². The molecule has 302 valence electrons. The van der Waals surface area contributed by atoms with Gasteiger partial charge in [0.2, 0.25) is 5.91 Å². The Balaban J connectivity index is 3.58. The molecule has 0 saturated heterocycles. The zero-order chi connectivity index (χ0) is 37.8. The number of rotatable bonds is 40. The van der Waals surface area contributed by atoms with Crippen molar-refractivity contribution in [1.82, 2.24) is 5.32 Å². The van der Waals surface area contributed by atoms with Crippen molar-refractivity contribution >= 4 is 5.91 Å². The van der Waals surface area contributed by atoms with Crippen molar-refractivity contribution in [2.24, 2.45) is 0 Å². The van der Waals surface area contributed by atoms with E-state index in [1.54, 1.807) is 6.08 Å². The zero-order valence-corrected chi connectivity index (χ0v) is 34.6. The van der Waals surface area contributed by atoms with Crippen molar-refractivity contribution in [3.63, 3.8) is 0 Å². The van der Waals surface area contributed by atoms with Crippen LogP contribution in [0.2, 0.25) is 0 Å². The Kier molecular flexibility index (Phi) is 41.9. The zero-order valence-electron chi connectivity index (χ0n) is 34.6. The summed E-state index contributed by atoms with van der Waals surface area (Å²) in [6.07, 6.45) is 60.7. The Hall–Kier alpha value is -1.91. The molecule has 0 aromatic carbocycles. The molecule has 1 amide bonds. The predicted molar refractivity (Wildman–Crippen MR) is 230 cm³/mol. The van der Waals surface area contributed by atoms with Gasteiger partial charge in [0.1, 0.15) is 0 Å². The van der Waals surface area contributed by atoms with Crippen LogP contribution >= 0.6 is 0 Å². The molecule has 0 radical (unpaired) electrons. The third kappa shape index (κ3) is 39.3. The van der Waals surface area contributed by atoms with Crippen LogP contribution in [0.5, 0.6) is 0 Å². The summed E-state index contributed by atoms with van der Waals surface area (Å²) in [5.41, 5.74) is 0. The lowest BCUT2D eigenvalue weighted by Gasteiger charge is -2.19. The molecular weight excluding hydrogens is 639 g/mol. The largest absolute Gasteiger partial charge is 0.394 e. The molecule has 0 aliphatic carbocycles. The quantitative estimate of drug-likeness (QED) is 0.0435. The van der Waals surface area contributed by atoms with Gasteiger partial charge in [-0.3, -0.25) is 4.79 Å². The molecule has 0 fully saturated rings. The SMILES string of the molecule is CC/C=C\C/C=C\C/C=C\CCCCCC(=O)NC(CO)C(O)/C=C/CC/C=C/CCCCCCCCCCCCCCCCCCCCCCC. The van der Waals surface area contributed by atoms with Crippen molar-refractivity contribution in [2.75, 3.05) is 6.61 Å². The lowest BCUT2D eigenvalue weighted by molar-refractivity contribution is -0.123. The van der Waals surface area contributed by atoms with Crippen LogP contribution in [0.1, 0.15) is 219 Å². The number of unbranched alkanes of at least 4 members (excludes halogenated alkanes) is 25. The highest BCUT2D eigenvalue weighted by molar-refractivity contribution is 5.76. The first-order valence-electron chi connectivity index (χ1n) is 22.5. The highest BCUT2D eigenvalue weighted by Gasteiger charge is 2.17. The van der Waals surface area contributed by atoms with Crippen molar-refractivity contribution < 1.29 is 15.0 Å². The van der Waals surface area contributed by atoms with Gasteiger partial charge in [0.05, 0.1) is 18.8 Å². The molecule has 52 heavy (non-hydrogen) atoms. The lowest BCUT2D eigenvalue weighted by atomic mass is 10.0. The van der Waals surface area contributed by atoms with E-state index in [1.165, 1.54) is 135 Å². The van der Waals surface area contributed by atoms with Crippen LogP contribution in [0.4, 0.5) is 0 Å². The van der Waals surface area contributed by atoms with E-state index in [-0.39, 0.29) is 12.5 Å². The normalized spacial score (nSPS) is 13.5. The van der Waals surface area contributed by atoms with Crippen molar-refractivity contribution in [2.45, 2.75) is 231 Å². The summed E-state index contributed by atoms with van der Waals surface area (Å²) in [6.45, 7) is 4.17. The topological polar surface area (TPSA) is 69.6 Å². The Labute approximate surface area is 324 Å². The molecule has 0 aliphatic heterocycles. The maximum absolute atomic E-state index is 12.3. The first-order valence-corrected chi connectivity index (χ1v) is 22.5. The van der Waals surface area contributed by atoms with Gasteiger partial charge in [0.15, 0.2) is 0 Å². The number of aliphatic hydroxyl groups excluding tert-OH is 2. The number of amides is 1. The van der Waals surface area contributed by atoms with Gasteiger partial charge in [0, 0.05) is 6.42 Å². The Morgan fingerprint density at radius 2 is 0.865 bits per heavy atom. The van der Waals surface area contributed by atoms with Gasteiger partial charge < -0.3 is 15.5 Å². The molecule has 0 heterocycles. The standard InChI is InChI=1S/C48H87NO3/c1-3-5-7-9-11-13-15-17-18-19-20-21-22-23-24-25-26-27-28-29-30-32-33-35-37-39-41-43-47(51)46(45-50)49-48(52)44-42-40-38-36-34-31-16-14-12-10-8-6-4-2/h6,8,12,14,31,33-35,41,43,46-47,50-51H,3-5,7,9-11,13,15-30,32,36-40,42,44-45H2,1-2H3,(H,49,52)/b8-6-,14-12-,34-31-,35-33+,43-41+. The fraction of sp³-hybridized carbons (Fsp3) is 0.771. The van der Waals surface area contributed by atoms with Gasteiger partial charge in [-0.1, -0.05) is 209 Å². The number of aliphatic hydroxyl groups is 2. The summed E-state index contributed by atoms with van der Waals surface area (Å²) in [7, 11) is 0. The molecule has 0 bridgehead atoms. The van der Waals surface area contributed by atoms with Crippen molar-refractivity contribution in [3.05, 3.63) is 60.8 Å².